The standard InChI is InChI=1S/C14H26N2O3S/c1-11-7-3-4-8-12(11)15-14(17)13-9-5-6-10-16(13)20(2,18)19/h11-13H,3-10H2,1-2H3,(H,15,17)/t11-,12-,13+/m1/s1. The second-order valence-electron chi connectivity index (χ2n) is 6.26. The van der Waals surface area contributed by atoms with E-state index in [1.54, 1.807) is 0 Å². The zero-order valence-corrected chi connectivity index (χ0v) is 13.3. The Morgan fingerprint density at radius 2 is 1.75 bits per heavy atom. The van der Waals surface area contributed by atoms with Gasteiger partial charge in [0.25, 0.3) is 0 Å². The lowest BCUT2D eigenvalue weighted by atomic mass is 9.85. The van der Waals surface area contributed by atoms with Gasteiger partial charge in [-0.25, -0.2) is 8.42 Å². The van der Waals surface area contributed by atoms with E-state index in [0.29, 0.717) is 18.9 Å². The van der Waals surface area contributed by atoms with Crippen LogP contribution >= 0.6 is 0 Å². The van der Waals surface area contributed by atoms with Crippen LogP contribution in [-0.4, -0.2) is 43.5 Å². The van der Waals surface area contributed by atoms with Crippen LogP contribution < -0.4 is 5.32 Å². The zero-order chi connectivity index (χ0) is 14.8. The number of sulfonamides is 1. The Kier molecular flexibility index (Phi) is 5.07. The van der Waals surface area contributed by atoms with E-state index in [4.69, 9.17) is 0 Å². The highest BCUT2D eigenvalue weighted by atomic mass is 32.2. The lowest BCUT2D eigenvalue weighted by Crippen LogP contribution is -2.54. The molecular formula is C14H26N2O3S. The van der Waals surface area contributed by atoms with Crippen LogP contribution in [0.5, 0.6) is 0 Å². The summed E-state index contributed by atoms with van der Waals surface area (Å²) in [5.41, 5.74) is 0. The number of piperidine rings is 1. The van der Waals surface area contributed by atoms with Crippen molar-refractivity contribution in [2.45, 2.75) is 64.0 Å². The molecule has 1 saturated heterocycles. The van der Waals surface area contributed by atoms with Crippen molar-refractivity contribution in [3.8, 4) is 0 Å². The minimum absolute atomic E-state index is 0.103. The third-order valence-corrected chi connectivity index (χ3v) is 5.91. The maximum Gasteiger partial charge on any atom is 0.238 e. The molecule has 0 bridgehead atoms. The molecule has 0 unspecified atom stereocenters. The molecular weight excluding hydrogens is 276 g/mol. The summed E-state index contributed by atoms with van der Waals surface area (Å²) in [5, 5.41) is 3.10. The van der Waals surface area contributed by atoms with Gasteiger partial charge in [0.05, 0.1) is 6.26 Å². The molecule has 116 valence electrons. The average Bonchev–Trinajstić information content (AvgIpc) is 2.40. The molecule has 0 aromatic rings. The number of hydrogen-bond donors (Lipinski definition) is 1. The molecule has 5 nitrogen and oxygen atoms in total. The molecule has 1 aliphatic carbocycles. The predicted molar refractivity (Wildman–Crippen MR) is 78.8 cm³/mol. The maximum atomic E-state index is 12.5. The van der Waals surface area contributed by atoms with Crippen LogP contribution in [0, 0.1) is 5.92 Å². The minimum atomic E-state index is -3.30. The second-order valence-corrected chi connectivity index (χ2v) is 8.20. The van der Waals surface area contributed by atoms with Gasteiger partial charge in [-0.1, -0.05) is 26.2 Å². The molecule has 2 fully saturated rings. The van der Waals surface area contributed by atoms with Crippen LogP contribution in [0.3, 0.4) is 0 Å². The number of nitrogens with one attached hydrogen (secondary N) is 1. The summed E-state index contributed by atoms with van der Waals surface area (Å²) < 4.78 is 25.0. The summed E-state index contributed by atoms with van der Waals surface area (Å²) in [5.74, 6) is 0.386. The van der Waals surface area contributed by atoms with Crippen molar-refractivity contribution in [2.24, 2.45) is 5.92 Å². The van der Waals surface area contributed by atoms with Gasteiger partial charge in [0.15, 0.2) is 0 Å². The summed E-state index contributed by atoms with van der Waals surface area (Å²) in [6.07, 6.45) is 8.13. The quantitative estimate of drug-likeness (QED) is 0.859. The number of carbonyl (C=O) groups excluding carboxylic acids is 1. The Balaban J connectivity index is 2.02. The summed E-state index contributed by atoms with van der Waals surface area (Å²) in [7, 11) is -3.30. The van der Waals surface area contributed by atoms with Gasteiger partial charge in [-0.2, -0.15) is 4.31 Å². The Hall–Kier alpha value is -0.620. The van der Waals surface area contributed by atoms with E-state index in [1.165, 1.54) is 17.0 Å². The van der Waals surface area contributed by atoms with Gasteiger partial charge in [0, 0.05) is 12.6 Å². The summed E-state index contributed by atoms with van der Waals surface area (Å²) in [6, 6.07) is -0.299. The van der Waals surface area contributed by atoms with Gasteiger partial charge in [-0.3, -0.25) is 4.79 Å². The molecule has 2 rings (SSSR count). The molecule has 3 atom stereocenters. The summed E-state index contributed by atoms with van der Waals surface area (Å²) >= 11 is 0. The Labute approximate surface area is 122 Å². The molecule has 0 spiro atoms. The summed E-state index contributed by atoms with van der Waals surface area (Å²) in [4.78, 5) is 12.5. The van der Waals surface area contributed by atoms with Crippen molar-refractivity contribution in [1.82, 2.24) is 9.62 Å². The third-order valence-electron chi connectivity index (χ3n) is 4.62. The van der Waals surface area contributed by atoms with Crippen molar-refractivity contribution in [2.75, 3.05) is 12.8 Å². The molecule has 20 heavy (non-hydrogen) atoms. The predicted octanol–water partition coefficient (Wildman–Crippen LogP) is 1.50. The molecule has 0 aromatic carbocycles. The van der Waals surface area contributed by atoms with E-state index in [1.807, 2.05) is 0 Å². The first kappa shape index (κ1) is 15.8. The van der Waals surface area contributed by atoms with E-state index in [2.05, 4.69) is 12.2 Å². The van der Waals surface area contributed by atoms with Crippen LogP contribution in [0.1, 0.15) is 51.9 Å². The highest BCUT2D eigenvalue weighted by Gasteiger charge is 2.35. The molecule has 2 aliphatic rings. The number of carbonyl (C=O) groups is 1. The van der Waals surface area contributed by atoms with E-state index in [9.17, 15) is 13.2 Å². The molecule has 1 saturated carbocycles. The Bertz CT molecular complexity index is 449. The van der Waals surface area contributed by atoms with Gasteiger partial charge < -0.3 is 5.32 Å². The van der Waals surface area contributed by atoms with Gasteiger partial charge in [-0.05, 0) is 31.6 Å². The molecule has 0 aromatic heterocycles. The number of nitrogens with zero attached hydrogens (tertiary/aromatic N) is 1. The van der Waals surface area contributed by atoms with E-state index in [-0.39, 0.29) is 11.9 Å². The normalized spacial score (nSPS) is 32.8. The van der Waals surface area contributed by atoms with Crippen LogP contribution in [-0.2, 0) is 14.8 Å². The lowest BCUT2D eigenvalue weighted by molar-refractivity contribution is -0.127. The van der Waals surface area contributed by atoms with Crippen LogP contribution in [0.15, 0.2) is 0 Å². The maximum absolute atomic E-state index is 12.5. The minimum Gasteiger partial charge on any atom is -0.352 e. The highest BCUT2D eigenvalue weighted by molar-refractivity contribution is 7.88. The van der Waals surface area contributed by atoms with Crippen molar-refractivity contribution in [1.29, 1.82) is 0 Å². The van der Waals surface area contributed by atoms with Gasteiger partial charge in [-0.15, -0.1) is 0 Å². The first-order chi connectivity index (χ1) is 9.39. The summed E-state index contributed by atoms with van der Waals surface area (Å²) in [6.45, 7) is 2.64. The average molecular weight is 302 g/mol. The first-order valence-corrected chi connectivity index (χ1v) is 9.51. The number of rotatable bonds is 3. The van der Waals surface area contributed by atoms with E-state index >= 15 is 0 Å². The lowest BCUT2D eigenvalue weighted by Gasteiger charge is -2.35. The zero-order valence-electron chi connectivity index (χ0n) is 12.5. The van der Waals surface area contributed by atoms with Crippen molar-refractivity contribution in [3.63, 3.8) is 0 Å². The second kappa shape index (κ2) is 6.43. The monoisotopic (exact) mass is 302 g/mol. The SMILES string of the molecule is C[C@@H]1CCCC[C@H]1NC(=O)[C@@H]1CCCCN1S(C)(=O)=O. The fourth-order valence-electron chi connectivity index (χ4n) is 3.37. The molecule has 1 heterocycles. The Morgan fingerprint density at radius 3 is 2.40 bits per heavy atom. The molecule has 6 heteroatoms. The van der Waals surface area contributed by atoms with Crippen LogP contribution in [0.2, 0.25) is 0 Å². The fourth-order valence-corrected chi connectivity index (χ4v) is 4.50. The largest absolute Gasteiger partial charge is 0.352 e. The number of amides is 1. The van der Waals surface area contributed by atoms with E-state index < -0.39 is 16.1 Å². The fraction of sp³-hybridized carbons (Fsp3) is 0.929. The van der Waals surface area contributed by atoms with Crippen LogP contribution in [0.25, 0.3) is 0 Å². The topological polar surface area (TPSA) is 66.5 Å². The smallest absolute Gasteiger partial charge is 0.238 e. The third kappa shape index (κ3) is 3.73. The Morgan fingerprint density at radius 1 is 1.10 bits per heavy atom. The first-order valence-electron chi connectivity index (χ1n) is 7.67. The van der Waals surface area contributed by atoms with Crippen molar-refractivity contribution in [3.05, 3.63) is 0 Å². The van der Waals surface area contributed by atoms with Gasteiger partial charge >= 0.3 is 0 Å². The molecule has 1 amide bonds. The van der Waals surface area contributed by atoms with Crippen LogP contribution in [0.4, 0.5) is 0 Å². The van der Waals surface area contributed by atoms with E-state index in [0.717, 1.165) is 32.1 Å². The van der Waals surface area contributed by atoms with Crippen molar-refractivity contribution >= 4 is 15.9 Å². The molecule has 0 radical (unpaired) electrons. The number of hydrogen-bond acceptors (Lipinski definition) is 3. The highest BCUT2D eigenvalue weighted by Crippen LogP contribution is 2.25. The van der Waals surface area contributed by atoms with Crippen molar-refractivity contribution < 1.29 is 13.2 Å². The van der Waals surface area contributed by atoms with Gasteiger partial charge in [0.1, 0.15) is 6.04 Å². The molecule has 1 aliphatic heterocycles. The molecule has 1 N–H and O–H groups in total. The van der Waals surface area contributed by atoms with Gasteiger partial charge in [0.2, 0.25) is 15.9 Å².